The number of hydrogen-bond acceptors (Lipinski definition) is 8. The summed E-state index contributed by atoms with van der Waals surface area (Å²) in [6.45, 7) is 5.07. The summed E-state index contributed by atoms with van der Waals surface area (Å²) in [4.78, 5) is 24.5. The first-order chi connectivity index (χ1) is 16.7. The minimum absolute atomic E-state index is 0.0707. The minimum Gasteiger partial charge on any atom is -0.492 e. The smallest absolute Gasteiger partial charge is 0.169 e. The lowest BCUT2D eigenvalue weighted by Gasteiger charge is -2.26. The lowest BCUT2D eigenvalue weighted by atomic mass is 10.0. The van der Waals surface area contributed by atoms with Gasteiger partial charge in [-0.25, -0.2) is 9.97 Å². The molecule has 6 rings (SSSR count). The van der Waals surface area contributed by atoms with Gasteiger partial charge in [-0.1, -0.05) is 18.2 Å². The summed E-state index contributed by atoms with van der Waals surface area (Å²) in [5.41, 5.74) is 4.44. The first-order valence-electron chi connectivity index (χ1n) is 11.3. The summed E-state index contributed by atoms with van der Waals surface area (Å²) in [6, 6.07) is 15.9. The molecule has 6 nitrogen and oxygen atoms in total. The van der Waals surface area contributed by atoms with E-state index in [0.29, 0.717) is 18.6 Å². The van der Waals surface area contributed by atoms with Crippen molar-refractivity contribution >= 4 is 59.7 Å². The second-order valence-corrected chi connectivity index (χ2v) is 10.3. The molecule has 1 fully saturated rings. The average molecular weight is 490 g/mol. The number of aromatic nitrogens is 2. The molecule has 2 aromatic heterocycles. The van der Waals surface area contributed by atoms with Crippen LogP contribution in [0.2, 0.25) is 0 Å². The van der Waals surface area contributed by atoms with Gasteiger partial charge in [0.1, 0.15) is 22.9 Å². The maximum absolute atomic E-state index is 13.0. The van der Waals surface area contributed by atoms with Crippen LogP contribution in [-0.4, -0.2) is 60.1 Å². The molecule has 3 heterocycles. The topological polar surface area (TPSA) is 64.5 Å². The van der Waals surface area contributed by atoms with Crippen LogP contribution in [0.3, 0.4) is 0 Å². The van der Waals surface area contributed by atoms with Crippen LogP contribution in [0.15, 0.2) is 54.0 Å². The van der Waals surface area contributed by atoms with Gasteiger partial charge < -0.3 is 9.47 Å². The maximum Gasteiger partial charge on any atom is 0.169 e. The van der Waals surface area contributed by atoms with Gasteiger partial charge in [0.05, 0.1) is 40.1 Å². The first kappa shape index (κ1) is 21.6. The molecule has 5 aromatic rings. The van der Waals surface area contributed by atoms with Gasteiger partial charge in [-0.2, -0.15) is 0 Å². The van der Waals surface area contributed by atoms with Crippen LogP contribution in [0.4, 0.5) is 0 Å². The lowest BCUT2D eigenvalue weighted by molar-refractivity contribution is 0.0322. The van der Waals surface area contributed by atoms with Crippen molar-refractivity contribution in [3.05, 3.63) is 64.6 Å². The van der Waals surface area contributed by atoms with Gasteiger partial charge in [0.2, 0.25) is 0 Å². The second kappa shape index (κ2) is 9.38. The Kier molecular flexibility index (Phi) is 5.97. The molecule has 0 unspecified atom stereocenters. The molecule has 1 aliphatic rings. The molecule has 172 valence electrons. The zero-order chi connectivity index (χ0) is 22.9. The van der Waals surface area contributed by atoms with Crippen LogP contribution in [0.25, 0.3) is 31.2 Å². The number of carbonyl (C=O) groups excluding carboxylic acids is 1. The van der Waals surface area contributed by atoms with E-state index in [1.807, 2.05) is 54.0 Å². The Labute approximate surface area is 204 Å². The van der Waals surface area contributed by atoms with Crippen LogP contribution < -0.4 is 4.74 Å². The Morgan fingerprint density at radius 3 is 2.82 bits per heavy atom. The Balaban J connectivity index is 1.14. The van der Waals surface area contributed by atoms with Crippen LogP contribution in [0.5, 0.6) is 5.75 Å². The van der Waals surface area contributed by atoms with Crippen LogP contribution >= 0.6 is 22.7 Å². The molecule has 0 radical (unpaired) electrons. The number of carbonyl (C=O) groups is 1. The van der Waals surface area contributed by atoms with E-state index >= 15 is 0 Å². The molecule has 0 spiro atoms. The molecule has 1 aliphatic heterocycles. The van der Waals surface area contributed by atoms with Crippen molar-refractivity contribution in [2.45, 2.75) is 6.42 Å². The van der Waals surface area contributed by atoms with E-state index in [0.717, 1.165) is 74.8 Å². The van der Waals surface area contributed by atoms with Crippen molar-refractivity contribution in [2.75, 3.05) is 39.5 Å². The van der Waals surface area contributed by atoms with E-state index in [4.69, 9.17) is 9.47 Å². The van der Waals surface area contributed by atoms with Gasteiger partial charge >= 0.3 is 0 Å². The number of morpholine rings is 1. The summed E-state index contributed by atoms with van der Waals surface area (Å²) in [5.74, 6) is 0.920. The van der Waals surface area contributed by atoms with E-state index in [1.165, 1.54) is 0 Å². The fraction of sp³-hybridized carbons (Fsp3) is 0.269. The third-order valence-corrected chi connectivity index (χ3v) is 8.00. The number of fused-ring (bicyclic) bond motifs is 4. The highest BCUT2D eigenvalue weighted by Gasteiger charge is 2.15. The first-order valence-corrected chi connectivity index (χ1v) is 13.0. The maximum atomic E-state index is 13.0. The highest BCUT2D eigenvalue weighted by atomic mass is 32.1. The zero-order valence-electron chi connectivity index (χ0n) is 18.5. The molecule has 0 aliphatic carbocycles. The van der Waals surface area contributed by atoms with E-state index < -0.39 is 0 Å². The van der Waals surface area contributed by atoms with Crippen LogP contribution in [0, 0.1) is 0 Å². The molecule has 3 aromatic carbocycles. The molecular weight excluding hydrogens is 466 g/mol. The van der Waals surface area contributed by atoms with E-state index in [1.54, 1.807) is 22.7 Å². The number of benzene rings is 3. The zero-order valence-corrected chi connectivity index (χ0v) is 20.2. The molecular formula is C26H23N3O3S2. The average Bonchev–Trinajstić information content (AvgIpc) is 3.50. The SMILES string of the molecule is O=C(Cc1nc2ccc3scnc3c2s1)c1ccc2cc(OCCN3CCOCC3)ccc2c1. The van der Waals surface area contributed by atoms with Gasteiger partial charge in [0.15, 0.2) is 5.78 Å². The molecule has 8 heteroatoms. The molecule has 34 heavy (non-hydrogen) atoms. The summed E-state index contributed by atoms with van der Waals surface area (Å²) < 4.78 is 13.6. The summed E-state index contributed by atoms with van der Waals surface area (Å²) in [5, 5.41) is 2.91. The standard InChI is InChI=1S/C26H23N3O3S2/c30-22(15-24-28-21-5-6-23-25(26(21)34-24)27-16-33-23)19-2-1-18-14-20(4-3-17(18)13-19)32-12-9-29-7-10-31-11-8-29/h1-6,13-14,16H,7-12,15H2. The normalized spacial score (nSPS) is 14.8. The third kappa shape index (κ3) is 4.42. The Morgan fingerprint density at radius 1 is 1.06 bits per heavy atom. The van der Waals surface area contributed by atoms with Crippen molar-refractivity contribution in [3.8, 4) is 5.75 Å². The van der Waals surface area contributed by atoms with Crippen molar-refractivity contribution in [1.29, 1.82) is 0 Å². The number of hydrogen-bond donors (Lipinski definition) is 0. The van der Waals surface area contributed by atoms with E-state index in [9.17, 15) is 4.79 Å². The second-order valence-electron chi connectivity index (χ2n) is 8.35. The van der Waals surface area contributed by atoms with Gasteiger partial charge in [0, 0.05) is 25.2 Å². The number of thiazole rings is 2. The van der Waals surface area contributed by atoms with Crippen LogP contribution in [-0.2, 0) is 11.2 Å². The molecule has 0 bridgehead atoms. The molecule has 1 saturated heterocycles. The third-order valence-electron chi connectivity index (χ3n) is 6.13. The van der Waals surface area contributed by atoms with Crippen molar-refractivity contribution in [2.24, 2.45) is 0 Å². The van der Waals surface area contributed by atoms with Crippen molar-refractivity contribution < 1.29 is 14.3 Å². The quantitative estimate of drug-likeness (QED) is 0.293. The fourth-order valence-electron chi connectivity index (χ4n) is 4.28. The number of Topliss-reactive ketones (excluding diaryl/α,β-unsaturated/α-hetero) is 1. The summed E-state index contributed by atoms with van der Waals surface area (Å²) >= 11 is 3.18. The lowest BCUT2D eigenvalue weighted by Crippen LogP contribution is -2.38. The van der Waals surface area contributed by atoms with E-state index in [2.05, 4.69) is 14.9 Å². The minimum atomic E-state index is 0.0707. The van der Waals surface area contributed by atoms with Gasteiger partial charge in [-0.05, 0) is 41.1 Å². The van der Waals surface area contributed by atoms with Crippen LogP contribution in [0.1, 0.15) is 15.4 Å². The Hall–Kier alpha value is -2.91. The van der Waals surface area contributed by atoms with Gasteiger partial charge in [-0.15, -0.1) is 22.7 Å². The van der Waals surface area contributed by atoms with Gasteiger partial charge in [0.25, 0.3) is 0 Å². The predicted octanol–water partition coefficient (Wildman–Crippen LogP) is 5.20. The summed E-state index contributed by atoms with van der Waals surface area (Å²) in [6.07, 6.45) is 0.291. The molecule has 0 amide bonds. The number of rotatable bonds is 7. The Bertz CT molecular complexity index is 1490. The van der Waals surface area contributed by atoms with E-state index in [-0.39, 0.29) is 5.78 Å². The summed E-state index contributed by atoms with van der Waals surface area (Å²) in [7, 11) is 0. The van der Waals surface area contributed by atoms with Gasteiger partial charge in [-0.3, -0.25) is 9.69 Å². The highest BCUT2D eigenvalue weighted by molar-refractivity contribution is 7.21. The fourth-order valence-corrected chi connectivity index (χ4v) is 6.09. The highest BCUT2D eigenvalue weighted by Crippen LogP contribution is 2.32. The molecule has 0 N–H and O–H groups in total. The largest absolute Gasteiger partial charge is 0.492 e. The van der Waals surface area contributed by atoms with Crippen molar-refractivity contribution in [1.82, 2.24) is 14.9 Å². The number of nitrogens with zero attached hydrogens (tertiary/aromatic N) is 3. The number of ketones is 1. The predicted molar refractivity (Wildman–Crippen MR) is 138 cm³/mol. The molecule has 0 atom stereocenters. The Morgan fingerprint density at radius 2 is 1.91 bits per heavy atom. The van der Waals surface area contributed by atoms with Crippen molar-refractivity contribution in [3.63, 3.8) is 0 Å². The molecule has 0 saturated carbocycles. The monoisotopic (exact) mass is 489 g/mol. The number of ether oxygens (including phenoxy) is 2.